The first-order chi connectivity index (χ1) is 7.95. The molecule has 0 heterocycles. The number of nitro benzene ring substituents is 1. The van der Waals surface area contributed by atoms with Gasteiger partial charge >= 0.3 is 0 Å². The number of benzene rings is 1. The first-order valence-electron chi connectivity index (χ1n) is 5.62. The van der Waals surface area contributed by atoms with Gasteiger partial charge in [-0.25, -0.2) is 0 Å². The summed E-state index contributed by atoms with van der Waals surface area (Å²) in [6.07, 6.45) is 0. The smallest absolute Gasteiger partial charge is 0.283 e. The molecule has 0 aliphatic heterocycles. The molecule has 0 unspecified atom stereocenters. The SMILES string of the molecule is CCN(Cc1ccc(Br)c([N+](=O)[O-])c1)C(C)C. The quantitative estimate of drug-likeness (QED) is 0.617. The van der Waals surface area contributed by atoms with Crippen LogP contribution in [-0.2, 0) is 6.54 Å². The maximum Gasteiger partial charge on any atom is 0.283 e. The molecule has 0 radical (unpaired) electrons. The van der Waals surface area contributed by atoms with Crippen LogP contribution in [0.1, 0.15) is 26.3 Å². The summed E-state index contributed by atoms with van der Waals surface area (Å²) in [6, 6.07) is 5.72. The number of hydrogen-bond donors (Lipinski definition) is 0. The maximum atomic E-state index is 10.8. The average molecular weight is 301 g/mol. The number of nitrogens with zero attached hydrogens (tertiary/aromatic N) is 2. The fourth-order valence-electron chi connectivity index (χ4n) is 1.69. The van der Waals surface area contributed by atoms with Gasteiger partial charge in [0.25, 0.3) is 5.69 Å². The molecule has 1 aromatic carbocycles. The van der Waals surface area contributed by atoms with Gasteiger partial charge in [-0.15, -0.1) is 0 Å². The molecule has 0 bridgehead atoms. The van der Waals surface area contributed by atoms with Crippen LogP contribution in [0, 0.1) is 10.1 Å². The van der Waals surface area contributed by atoms with Crippen molar-refractivity contribution in [2.24, 2.45) is 0 Å². The molecule has 0 amide bonds. The van der Waals surface area contributed by atoms with Crippen LogP contribution in [0.15, 0.2) is 22.7 Å². The zero-order chi connectivity index (χ0) is 13.0. The highest BCUT2D eigenvalue weighted by molar-refractivity contribution is 9.10. The molecular formula is C12H17BrN2O2. The second kappa shape index (κ2) is 6.12. The molecule has 0 saturated heterocycles. The van der Waals surface area contributed by atoms with E-state index < -0.39 is 0 Å². The van der Waals surface area contributed by atoms with E-state index in [0.29, 0.717) is 10.5 Å². The molecule has 0 N–H and O–H groups in total. The van der Waals surface area contributed by atoms with Gasteiger partial charge in [-0.2, -0.15) is 0 Å². The third-order valence-electron chi connectivity index (χ3n) is 2.73. The van der Waals surface area contributed by atoms with E-state index in [1.807, 2.05) is 6.07 Å². The van der Waals surface area contributed by atoms with Crippen molar-refractivity contribution in [2.45, 2.75) is 33.4 Å². The summed E-state index contributed by atoms with van der Waals surface area (Å²) in [5.74, 6) is 0. The van der Waals surface area contributed by atoms with E-state index in [1.54, 1.807) is 12.1 Å². The minimum absolute atomic E-state index is 0.127. The highest BCUT2D eigenvalue weighted by Crippen LogP contribution is 2.26. The Morgan fingerprint density at radius 3 is 2.59 bits per heavy atom. The lowest BCUT2D eigenvalue weighted by Gasteiger charge is -2.24. The van der Waals surface area contributed by atoms with E-state index in [1.165, 1.54) is 0 Å². The molecule has 0 saturated carbocycles. The molecule has 4 nitrogen and oxygen atoms in total. The van der Waals surface area contributed by atoms with Gasteiger partial charge < -0.3 is 0 Å². The first-order valence-corrected chi connectivity index (χ1v) is 6.41. The summed E-state index contributed by atoms with van der Waals surface area (Å²) in [7, 11) is 0. The largest absolute Gasteiger partial charge is 0.297 e. The predicted octanol–water partition coefficient (Wildman–Crippen LogP) is 3.59. The highest BCUT2D eigenvalue weighted by Gasteiger charge is 2.14. The van der Waals surface area contributed by atoms with E-state index in [2.05, 4.69) is 41.6 Å². The van der Waals surface area contributed by atoms with Gasteiger partial charge in [-0.05, 0) is 48.0 Å². The molecule has 1 rings (SSSR count). The molecule has 0 spiro atoms. The van der Waals surface area contributed by atoms with Gasteiger partial charge in [-0.1, -0.05) is 13.0 Å². The predicted molar refractivity (Wildman–Crippen MR) is 72.0 cm³/mol. The van der Waals surface area contributed by atoms with Gasteiger partial charge in [0.05, 0.1) is 9.40 Å². The van der Waals surface area contributed by atoms with Crippen molar-refractivity contribution in [3.8, 4) is 0 Å². The van der Waals surface area contributed by atoms with Crippen LogP contribution in [0.3, 0.4) is 0 Å². The number of nitro groups is 1. The molecule has 0 atom stereocenters. The van der Waals surface area contributed by atoms with Crippen LogP contribution >= 0.6 is 15.9 Å². The minimum Gasteiger partial charge on any atom is -0.297 e. The Morgan fingerprint density at radius 2 is 2.12 bits per heavy atom. The zero-order valence-electron chi connectivity index (χ0n) is 10.3. The summed E-state index contributed by atoms with van der Waals surface area (Å²) in [6.45, 7) is 8.00. The van der Waals surface area contributed by atoms with E-state index in [0.717, 1.165) is 18.7 Å². The van der Waals surface area contributed by atoms with Gasteiger partial charge in [0.1, 0.15) is 0 Å². The van der Waals surface area contributed by atoms with Crippen LogP contribution in [0.2, 0.25) is 0 Å². The molecule has 94 valence electrons. The van der Waals surface area contributed by atoms with Gasteiger partial charge in [0, 0.05) is 18.7 Å². The Bertz CT molecular complexity index is 407. The van der Waals surface area contributed by atoms with Crippen molar-refractivity contribution in [2.75, 3.05) is 6.54 Å². The zero-order valence-corrected chi connectivity index (χ0v) is 11.9. The molecule has 0 aromatic heterocycles. The molecular weight excluding hydrogens is 284 g/mol. The molecule has 0 aliphatic carbocycles. The normalized spacial score (nSPS) is 11.2. The fourth-order valence-corrected chi connectivity index (χ4v) is 2.08. The summed E-state index contributed by atoms with van der Waals surface area (Å²) >= 11 is 3.19. The lowest BCUT2D eigenvalue weighted by Crippen LogP contribution is -2.29. The van der Waals surface area contributed by atoms with Crippen molar-refractivity contribution < 1.29 is 4.92 Å². The fraction of sp³-hybridized carbons (Fsp3) is 0.500. The lowest BCUT2D eigenvalue weighted by molar-refractivity contribution is -0.385. The summed E-state index contributed by atoms with van der Waals surface area (Å²) in [5.41, 5.74) is 1.10. The number of halogens is 1. The Balaban J connectivity index is 2.92. The van der Waals surface area contributed by atoms with Crippen molar-refractivity contribution in [3.05, 3.63) is 38.3 Å². The van der Waals surface area contributed by atoms with Crippen molar-refractivity contribution in [1.82, 2.24) is 4.90 Å². The summed E-state index contributed by atoms with van der Waals surface area (Å²) in [4.78, 5) is 12.7. The van der Waals surface area contributed by atoms with Gasteiger partial charge in [-0.3, -0.25) is 15.0 Å². The van der Waals surface area contributed by atoms with E-state index in [-0.39, 0.29) is 10.6 Å². The van der Waals surface area contributed by atoms with Crippen LogP contribution in [-0.4, -0.2) is 22.4 Å². The van der Waals surface area contributed by atoms with Gasteiger partial charge in [0.2, 0.25) is 0 Å². The molecule has 1 aromatic rings. The van der Waals surface area contributed by atoms with E-state index in [9.17, 15) is 10.1 Å². The van der Waals surface area contributed by atoms with E-state index in [4.69, 9.17) is 0 Å². The average Bonchev–Trinajstić information content (AvgIpc) is 2.27. The molecule has 5 heteroatoms. The second-order valence-electron chi connectivity index (χ2n) is 4.20. The van der Waals surface area contributed by atoms with Crippen LogP contribution in [0.4, 0.5) is 5.69 Å². The minimum atomic E-state index is -0.362. The van der Waals surface area contributed by atoms with Crippen LogP contribution < -0.4 is 0 Å². The van der Waals surface area contributed by atoms with Crippen molar-refractivity contribution in [3.63, 3.8) is 0 Å². The van der Waals surface area contributed by atoms with Crippen molar-refractivity contribution in [1.29, 1.82) is 0 Å². The topological polar surface area (TPSA) is 46.4 Å². The standard InChI is InChI=1S/C12H17BrN2O2/c1-4-14(9(2)3)8-10-5-6-11(13)12(7-10)15(16)17/h5-7,9H,4,8H2,1-3H3. The highest BCUT2D eigenvalue weighted by atomic mass is 79.9. The monoisotopic (exact) mass is 300 g/mol. The molecule has 0 fully saturated rings. The second-order valence-corrected chi connectivity index (χ2v) is 5.05. The number of hydrogen-bond acceptors (Lipinski definition) is 3. The van der Waals surface area contributed by atoms with Crippen molar-refractivity contribution >= 4 is 21.6 Å². The number of rotatable bonds is 5. The Kier molecular flexibility index (Phi) is 5.08. The lowest BCUT2D eigenvalue weighted by atomic mass is 10.1. The summed E-state index contributed by atoms with van der Waals surface area (Å²) < 4.78 is 0.527. The Morgan fingerprint density at radius 1 is 1.47 bits per heavy atom. The van der Waals surface area contributed by atoms with Gasteiger partial charge in [0.15, 0.2) is 0 Å². The first kappa shape index (κ1) is 14.1. The molecule has 0 aliphatic rings. The molecule has 17 heavy (non-hydrogen) atoms. The summed E-state index contributed by atoms with van der Waals surface area (Å²) in [5, 5.41) is 10.8. The van der Waals surface area contributed by atoms with Crippen LogP contribution in [0.25, 0.3) is 0 Å². The third kappa shape index (κ3) is 3.78. The van der Waals surface area contributed by atoms with Crippen LogP contribution in [0.5, 0.6) is 0 Å². The third-order valence-corrected chi connectivity index (χ3v) is 3.40. The Hall–Kier alpha value is -0.940. The Labute approximate surface area is 110 Å². The maximum absolute atomic E-state index is 10.8. The van der Waals surface area contributed by atoms with E-state index >= 15 is 0 Å².